The molecule has 0 saturated carbocycles. The Morgan fingerprint density at radius 1 is 0.808 bits per heavy atom. The summed E-state index contributed by atoms with van der Waals surface area (Å²) >= 11 is 0. The average Bonchev–Trinajstić information content (AvgIpc) is 2.59. The van der Waals surface area contributed by atoms with Gasteiger partial charge in [-0.3, -0.25) is 5.32 Å². The molecule has 0 unspecified atom stereocenters. The van der Waals surface area contributed by atoms with Crippen LogP contribution in [0.15, 0.2) is 0 Å². The predicted molar refractivity (Wildman–Crippen MR) is 98.3 cm³/mol. The van der Waals surface area contributed by atoms with Crippen LogP contribution in [-0.4, -0.2) is 79.6 Å². The zero-order valence-electron chi connectivity index (χ0n) is 16.3. The molecule has 156 valence electrons. The lowest BCUT2D eigenvalue weighted by Crippen LogP contribution is -2.45. The molecule has 0 aliphatic rings. The molecule has 0 fully saturated rings. The van der Waals surface area contributed by atoms with Gasteiger partial charge in [0.25, 0.3) is 0 Å². The largest absolute Gasteiger partial charge is 0.500 e. The summed E-state index contributed by atoms with van der Waals surface area (Å²) in [6.07, 6.45) is 0.728. The van der Waals surface area contributed by atoms with Crippen molar-refractivity contribution in [2.45, 2.75) is 39.7 Å². The van der Waals surface area contributed by atoms with Crippen molar-refractivity contribution in [3.8, 4) is 0 Å². The first-order valence-corrected chi connectivity index (χ1v) is 11.1. The Kier molecular flexibility index (Phi) is 17.1. The van der Waals surface area contributed by atoms with Gasteiger partial charge in [0.05, 0.1) is 26.4 Å². The lowest BCUT2D eigenvalue weighted by molar-refractivity contribution is 0.0108. The average molecular weight is 398 g/mol. The van der Waals surface area contributed by atoms with Crippen molar-refractivity contribution in [1.82, 2.24) is 5.32 Å². The lowest BCUT2D eigenvalue weighted by atomic mass is 10.4. The first-order chi connectivity index (χ1) is 12.6. The normalized spacial score (nSPS) is 11.7. The van der Waals surface area contributed by atoms with Gasteiger partial charge in [-0.15, -0.1) is 0 Å². The summed E-state index contributed by atoms with van der Waals surface area (Å²) in [7, 11) is -2.54. The van der Waals surface area contributed by atoms with Gasteiger partial charge in [-0.05, 0) is 33.6 Å². The highest BCUT2D eigenvalue weighted by Crippen LogP contribution is 2.19. The van der Waals surface area contributed by atoms with Crippen molar-refractivity contribution in [1.29, 1.82) is 0 Å². The van der Waals surface area contributed by atoms with Gasteiger partial charge in [0.1, 0.15) is 6.73 Å². The fourth-order valence-corrected chi connectivity index (χ4v) is 4.86. The maximum Gasteiger partial charge on any atom is 0.500 e. The van der Waals surface area contributed by atoms with E-state index in [2.05, 4.69) is 5.32 Å². The molecular formula is C16H35NO8Si. The Hall–Kier alpha value is -0.753. The van der Waals surface area contributed by atoms with E-state index in [1.807, 2.05) is 20.8 Å². The highest BCUT2D eigenvalue weighted by Gasteiger charge is 2.39. The summed E-state index contributed by atoms with van der Waals surface area (Å²) in [4.78, 5) is 10.2. The van der Waals surface area contributed by atoms with Gasteiger partial charge in [0, 0.05) is 32.5 Å². The molecule has 0 aromatic rings. The summed E-state index contributed by atoms with van der Waals surface area (Å²) in [5, 5.41) is 10.4. The third-order valence-corrected chi connectivity index (χ3v) is 6.34. The van der Waals surface area contributed by atoms with Crippen molar-refractivity contribution in [2.24, 2.45) is 0 Å². The Labute approximate surface area is 157 Å². The maximum atomic E-state index is 10.2. The number of amides is 1. The van der Waals surface area contributed by atoms with E-state index in [0.29, 0.717) is 52.9 Å². The fraction of sp³-hybridized carbons (Fsp3) is 0.938. The second-order valence-electron chi connectivity index (χ2n) is 5.20. The molecular weight excluding hydrogens is 362 g/mol. The molecule has 0 aromatic carbocycles. The Morgan fingerprint density at radius 3 is 1.81 bits per heavy atom. The van der Waals surface area contributed by atoms with Gasteiger partial charge in [0.15, 0.2) is 0 Å². The Morgan fingerprint density at radius 2 is 1.31 bits per heavy atom. The number of carboxylic acid groups (broad SMARTS) is 1. The van der Waals surface area contributed by atoms with Gasteiger partial charge in [0.2, 0.25) is 0 Å². The van der Waals surface area contributed by atoms with Gasteiger partial charge in [-0.2, -0.15) is 0 Å². The number of hydrogen-bond acceptors (Lipinski definition) is 7. The van der Waals surface area contributed by atoms with Gasteiger partial charge >= 0.3 is 14.9 Å². The topological polar surface area (TPSA) is 105 Å². The van der Waals surface area contributed by atoms with Gasteiger partial charge in [-0.25, -0.2) is 4.79 Å². The number of unbranched alkanes of at least 4 members (excludes halogenated alkanes) is 1. The minimum absolute atomic E-state index is 0.0365. The van der Waals surface area contributed by atoms with Crippen LogP contribution in [0.25, 0.3) is 0 Å². The zero-order chi connectivity index (χ0) is 19.5. The van der Waals surface area contributed by atoms with Crippen LogP contribution in [0.2, 0.25) is 6.04 Å². The summed E-state index contributed by atoms with van der Waals surface area (Å²) in [6.45, 7) is 9.98. The Balaban J connectivity index is 3.56. The Bertz CT molecular complexity index is 318. The zero-order valence-corrected chi connectivity index (χ0v) is 17.3. The monoisotopic (exact) mass is 397 g/mol. The molecule has 1 amide bonds. The van der Waals surface area contributed by atoms with E-state index in [9.17, 15) is 4.79 Å². The van der Waals surface area contributed by atoms with Crippen LogP contribution in [0.5, 0.6) is 0 Å². The summed E-state index contributed by atoms with van der Waals surface area (Å²) in [5.41, 5.74) is 0. The molecule has 0 aliphatic heterocycles. The summed E-state index contributed by atoms with van der Waals surface area (Å²) in [6, 6.07) is 0.796. The first-order valence-electron chi connectivity index (χ1n) is 9.22. The number of ether oxygens (including phenoxy) is 3. The SMILES string of the molecule is CCO[Si](CCCCOCCOCCOCNC(=O)O)(OCC)OCC. The van der Waals surface area contributed by atoms with Gasteiger partial charge in [-0.1, -0.05) is 0 Å². The molecule has 26 heavy (non-hydrogen) atoms. The van der Waals surface area contributed by atoms with Crippen molar-refractivity contribution in [3.63, 3.8) is 0 Å². The summed E-state index contributed by atoms with van der Waals surface area (Å²) in [5.74, 6) is 0. The van der Waals surface area contributed by atoms with E-state index >= 15 is 0 Å². The number of nitrogens with one attached hydrogen (secondary N) is 1. The van der Waals surface area contributed by atoms with Crippen LogP contribution < -0.4 is 5.32 Å². The fourth-order valence-electron chi connectivity index (χ4n) is 2.17. The minimum Gasteiger partial charge on any atom is -0.465 e. The molecule has 0 radical (unpaired) electrons. The molecule has 2 N–H and O–H groups in total. The van der Waals surface area contributed by atoms with Crippen LogP contribution in [0.1, 0.15) is 33.6 Å². The van der Waals surface area contributed by atoms with E-state index in [-0.39, 0.29) is 6.73 Å². The highest BCUT2D eigenvalue weighted by molar-refractivity contribution is 6.60. The highest BCUT2D eigenvalue weighted by atomic mass is 28.4. The molecule has 0 spiro atoms. The number of hydrogen-bond donors (Lipinski definition) is 2. The molecule has 0 aliphatic carbocycles. The third-order valence-electron chi connectivity index (χ3n) is 3.18. The quantitative estimate of drug-likeness (QED) is 0.194. The van der Waals surface area contributed by atoms with Crippen molar-refractivity contribution < 1.29 is 37.4 Å². The molecule has 0 bridgehead atoms. The molecule has 9 nitrogen and oxygen atoms in total. The molecule has 0 saturated heterocycles. The minimum atomic E-state index is -2.54. The van der Waals surface area contributed by atoms with Crippen LogP contribution in [0.3, 0.4) is 0 Å². The van der Waals surface area contributed by atoms with Gasteiger partial charge < -0.3 is 32.6 Å². The second-order valence-corrected chi connectivity index (χ2v) is 7.93. The van der Waals surface area contributed by atoms with E-state index < -0.39 is 14.9 Å². The van der Waals surface area contributed by atoms with Crippen LogP contribution in [0, 0.1) is 0 Å². The van der Waals surface area contributed by atoms with E-state index in [4.69, 9.17) is 32.6 Å². The molecule has 10 heteroatoms. The van der Waals surface area contributed by atoms with E-state index in [1.165, 1.54) is 0 Å². The summed E-state index contributed by atoms with van der Waals surface area (Å²) < 4.78 is 33.3. The smallest absolute Gasteiger partial charge is 0.465 e. The second kappa shape index (κ2) is 17.7. The van der Waals surface area contributed by atoms with Crippen molar-refractivity contribution >= 4 is 14.9 Å². The molecule has 0 heterocycles. The van der Waals surface area contributed by atoms with Crippen LogP contribution >= 0.6 is 0 Å². The number of rotatable bonds is 19. The predicted octanol–water partition coefficient (Wildman–Crippen LogP) is 2.09. The van der Waals surface area contributed by atoms with Crippen molar-refractivity contribution in [2.75, 3.05) is 59.6 Å². The third kappa shape index (κ3) is 14.4. The van der Waals surface area contributed by atoms with E-state index in [1.54, 1.807) is 0 Å². The molecule has 0 atom stereocenters. The van der Waals surface area contributed by atoms with Crippen LogP contribution in [0.4, 0.5) is 4.79 Å². The first kappa shape index (κ1) is 25.2. The number of carbonyl (C=O) groups is 1. The standard InChI is InChI=1S/C16H35NO8Si/c1-4-23-26(24-5-2,25-6-3)14-8-7-9-20-10-11-21-12-13-22-15-17-16(18)19/h17H,4-15H2,1-3H3,(H,18,19). The van der Waals surface area contributed by atoms with Crippen molar-refractivity contribution in [3.05, 3.63) is 0 Å². The maximum absolute atomic E-state index is 10.2. The molecule has 0 rings (SSSR count). The van der Waals surface area contributed by atoms with Crippen LogP contribution in [-0.2, 0) is 27.5 Å². The lowest BCUT2D eigenvalue weighted by Gasteiger charge is -2.28. The van der Waals surface area contributed by atoms with E-state index in [0.717, 1.165) is 18.9 Å². The molecule has 0 aromatic heterocycles.